The number of hydrogen-bond donors (Lipinski definition) is 1. The predicted molar refractivity (Wildman–Crippen MR) is 129 cm³/mol. The summed E-state index contributed by atoms with van der Waals surface area (Å²) in [6.45, 7) is 11.0. The molecule has 0 aromatic heterocycles. The van der Waals surface area contributed by atoms with Crippen molar-refractivity contribution in [1.82, 2.24) is 10.2 Å². The molecule has 6 heteroatoms. The smallest absolute Gasteiger partial charge is 0.308 e. The molecule has 3 rings (SSSR count). The summed E-state index contributed by atoms with van der Waals surface area (Å²) >= 11 is 6.08. The fourth-order valence-corrected chi connectivity index (χ4v) is 5.72. The Labute approximate surface area is 198 Å². The third kappa shape index (κ3) is 5.85. The van der Waals surface area contributed by atoms with Gasteiger partial charge in [-0.15, -0.1) is 0 Å². The quantitative estimate of drug-likeness (QED) is 0.586. The van der Waals surface area contributed by atoms with E-state index >= 15 is 0 Å². The summed E-state index contributed by atoms with van der Waals surface area (Å²) < 4.78 is 4.90. The van der Waals surface area contributed by atoms with Crippen LogP contribution >= 0.6 is 11.6 Å². The van der Waals surface area contributed by atoms with Crippen molar-refractivity contribution in [2.24, 2.45) is 23.2 Å². The maximum Gasteiger partial charge on any atom is 0.308 e. The highest BCUT2D eigenvalue weighted by Crippen LogP contribution is 2.42. The SMILES string of the molecule is COC(=O)C1CCC(CN[C@@H](C(=O)N2CCC(c3ccc(Cl)cc3)C(C)(C)C2)C(C)C)C1. The molecule has 0 bridgehead atoms. The van der Waals surface area contributed by atoms with E-state index < -0.39 is 0 Å². The molecule has 2 fully saturated rings. The lowest BCUT2D eigenvalue weighted by molar-refractivity contribution is -0.145. The molecule has 1 aromatic rings. The normalized spacial score (nSPS) is 26.2. The average molecular weight is 463 g/mol. The standard InChI is InChI=1S/C26H39ClN2O3/c1-17(2)23(28-15-18-6-7-20(14-18)25(31)32-5)24(30)29-13-12-22(26(3,4)16-29)19-8-10-21(27)11-9-19/h8-11,17-18,20,22-23,28H,6-7,12-16H2,1-5H3/t18?,20?,22?,23-/m1/s1. The fraction of sp³-hybridized carbons (Fsp3) is 0.692. The molecule has 1 N–H and O–H groups in total. The van der Waals surface area contributed by atoms with Gasteiger partial charge in [0.2, 0.25) is 5.91 Å². The zero-order valence-corrected chi connectivity index (χ0v) is 21.0. The molecular formula is C26H39ClN2O3. The molecule has 178 valence electrons. The second kappa shape index (κ2) is 10.6. The Kier molecular flexibility index (Phi) is 8.26. The van der Waals surface area contributed by atoms with Gasteiger partial charge in [-0.1, -0.05) is 51.4 Å². The van der Waals surface area contributed by atoms with Gasteiger partial charge < -0.3 is 15.0 Å². The highest BCUT2D eigenvalue weighted by molar-refractivity contribution is 6.30. The largest absolute Gasteiger partial charge is 0.469 e. The molecule has 1 saturated carbocycles. The van der Waals surface area contributed by atoms with Crippen molar-refractivity contribution < 1.29 is 14.3 Å². The summed E-state index contributed by atoms with van der Waals surface area (Å²) in [6.07, 6.45) is 3.68. The summed E-state index contributed by atoms with van der Waals surface area (Å²) in [6, 6.07) is 7.95. The number of esters is 1. The summed E-state index contributed by atoms with van der Waals surface area (Å²) in [7, 11) is 1.46. The second-order valence-corrected chi connectivity index (χ2v) is 11.1. The molecule has 1 saturated heterocycles. The van der Waals surface area contributed by atoms with Crippen molar-refractivity contribution >= 4 is 23.5 Å². The number of carbonyl (C=O) groups excluding carboxylic acids is 2. The molecular weight excluding hydrogens is 424 g/mol. The van der Waals surface area contributed by atoms with E-state index in [4.69, 9.17) is 16.3 Å². The molecule has 1 amide bonds. The number of ether oxygens (including phenoxy) is 1. The molecule has 32 heavy (non-hydrogen) atoms. The first-order chi connectivity index (χ1) is 15.1. The number of piperidine rings is 1. The minimum absolute atomic E-state index is 0.00713. The number of carbonyl (C=O) groups is 2. The molecule has 4 atom stereocenters. The summed E-state index contributed by atoms with van der Waals surface area (Å²) in [5.41, 5.74) is 1.29. The van der Waals surface area contributed by atoms with E-state index in [2.05, 4.69) is 50.0 Å². The number of likely N-dealkylation sites (tertiary alicyclic amines) is 1. The number of methoxy groups -OCH3 is 1. The van der Waals surface area contributed by atoms with Crippen molar-refractivity contribution in [2.45, 2.75) is 65.3 Å². The van der Waals surface area contributed by atoms with Gasteiger partial charge in [-0.2, -0.15) is 0 Å². The van der Waals surface area contributed by atoms with Crippen LogP contribution < -0.4 is 5.32 Å². The zero-order chi connectivity index (χ0) is 23.5. The van der Waals surface area contributed by atoms with E-state index in [0.717, 1.165) is 50.3 Å². The average Bonchev–Trinajstić information content (AvgIpc) is 3.22. The van der Waals surface area contributed by atoms with Crippen LogP contribution in [0.5, 0.6) is 0 Å². The zero-order valence-electron chi connectivity index (χ0n) is 20.2. The first-order valence-electron chi connectivity index (χ1n) is 12.0. The lowest BCUT2D eigenvalue weighted by Crippen LogP contribution is -2.55. The Bertz CT molecular complexity index is 793. The van der Waals surface area contributed by atoms with Crippen LogP contribution in [-0.2, 0) is 14.3 Å². The van der Waals surface area contributed by atoms with E-state index in [1.807, 2.05) is 12.1 Å². The van der Waals surface area contributed by atoms with E-state index in [0.29, 0.717) is 11.8 Å². The molecule has 5 nitrogen and oxygen atoms in total. The van der Waals surface area contributed by atoms with Gasteiger partial charge in [0.15, 0.2) is 0 Å². The number of benzene rings is 1. The molecule has 1 aliphatic heterocycles. The lowest BCUT2D eigenvalue weighted by Gasteiger charge is -2.46. The van der Waals surface area contributed by atoms with Gasteiger partial charge in [0, 0.05) is 18.1 Å². The summed E-state index contributed by atoms with van der Waals surface area (Å²) in [5.74, 6) is 1.13. The Morgan fingerprint density at radius 1 is 1.19 bits per heavy atom. The van der Waals surface area contributed by atoms with Crippen LogP contribution in [0.3, 0.4) is 0 Å². The van der Waals surface area contributed by atoms with Gasteiger partial charge in [0.05, 0.1) is 19.1 Å². The molecule has 2 aliphatic rings. The number of hydrogen-bond acceptors (Lipinski definition) is 4. The number of halogens is 1. The first kappa shape index (κ1) is 25.0. The summed E-state index contributed by atoms with van der Waals surface area (Å²) in [5, 5.41) is 4.31. The monoisotopic (exact) mass is 462 g/mol. The Morgan fingerprint density at radius 3 is 2.47 bits per heavy atom. The van der Waals surface area contributed by atoms with Gasteiger partial charge >= 0.3 is 5.97 Å². The van der Waals surface area contributed by atoms with Crippen molar-refractivity contribution in [1.29, 1.82) is 0 Å². The van der Waals surface area contributed by atoms with E-state index in [1.54, 1.807) is 0 Å². The topological polar surface area (TPSA) is 58.6 Å². The van der Waals surface area contributed by atoms with Crippen molar-refractivity contribution in [3.8, 4) is 0 Å². The molecule has 3 unspecified atom stereocenters. The van der Waals surface area contributed by atoms with Crippen LogP contribution in [0.4, 0.5) is 0 Å². The van der Waals surface area contributed by atoms with Gasteiger partial charge in [0.1, 0.15) is 0 Å². The van der Waals surface area contributed by atoms with Gasteiger partial charge in [-0.25, -0.2) is 0 Å². The van der Waals surface area contributed by atoms with Gasteiger partial charge in [-0.3, -0.25) is 9.59 Å². The summed E-state index contributed by atoms with van der Waals surface area (Å²) in [4.78, 5) is 27.4. The molecule has 0 radical (unpaired) electrons. The third-order valence-electron chi connectivity index (χ3n) is 7.45. The molecule has 1 aromatic carbocycles. The lowest BCUT2D eigenvalue weighted by atomic mass is 9.70. The maximum atomic E-state index is 13.5. The number of rotatable bonds is 7. The Hall–Kier alpha value is -1.59. The van der Waals surface area contributed by atoms with Crippen LogP contribution in [0, 0.1) is 23.2 Å². The van der Waals surface area contributed by atoms with E-state index in [9.17, 15) is 9.59 Å². The third-order valence-corrected chi connectivity index (χ3v) is 7.70. The van der Waals surface area contributed by atoms with E-state index in [1.165, 1.54) is 12.7 Å². The van der Waals surface area contributed by atoms with Crippen molar-refractivity contribution in [3.05, 3.63) is 34.9 Å². The predicted octanol–water partition coefficient (Wildman–Crippen LogP) is 4.89. The van der Waals surface area contributed by atoms with Crippen LogP contribution in [0.25, 0.3) is 0 Å². The Morgan fingerprint density at radius 2 is 1.88 bits per heavy atom. The van der Waals surface area contributed by atoms with Crippen LogP contribution in [-0.4, -0.2) is 49.6 Å². The van der Waals surface area contributed by atoms with Crippen LogP contribution in [0.2, 0.25) is 5.02 Å². The van der Waals surface area contributed by atoms with Crippen molar-refractivity contribution in [2.75, 3.05) is 26.7 Å². The Balaban J connectivity index is 1.59. The molecule has 1 aliphatic carbocycles. The molecule has 1 heterocycles. The number of nitrogens with one attached hydrogen (secondary N) is 1. The maximum absolute atomic E-state index is 13.5. The highest BCUT2D eigenvalue weighted by Gasteiger charge is 2.40. The van der Waals surface area contributed by atoms with Gasteiger partial charge in [-0.05, 0) is 73.1 Å². The van der Waals surface area contributed by atoms with Crippen LogP contribution in [0.1, 0.15) is 64.9 Å². The highest BCUT2D eigenvalue weighted by atomic mass is 35.5. The number of amides is 1. The van der Waals surface area contributed by atoms with Crippen molar-refractivity contribution in [3.63, 3.8) is 0 Å². The fourth-order valence-electron chi connectivity index (χ4n) is 5.60. The van der Waals surface area contributed by atoms with Crippen LogP contribution in [0.15, 0.2) is 24.3 Å². The minimum atomic E-state index is -0.199. The van der Waals surface area contributed by atoms with E-state index in [-0.39, 0.29) is 35.2 Å². The first-order valence-corrected chi connectivity index (χ1v) is 12.4. The van der Waals surface area contributed by atoms with Gasteiger partial charge in [0.25, 0.3) is 0 Å². The minimum Gasteiger partial charge on any atom is -0.469 e. The molecule has 0 spiro atoms. The number of nitrogens with zero attached hydrogens (tertiary/aromatic N) is 1. The second-order valence-electron chi connectivity index (χ2n) is 10.7.